The van der Waals surface area contributed by atoms with E-state index in [0.29, 0.717) is 4.58 Å². The minimum atomic E-state index is 0.509. The summed E-state index contributed by atoms with van der Waals surface area (Å²) in [7, 11) is 0. The summed E-state index contributed by atoms with van der Waals surface area (Å²) in [5.74, 6) is 0. The summed E-state index contributed by atoms with van der Waals surface area (Å²) in [6.45, 7) is 2.25. The lowest BCUT2D eigenvalue weighted by Crippen LogP contribution is -1.97. The average Bonchev–Trinajstić information content (AvgIpc) is 2.55. The van der Waals surface area contributed by atoms with Crippen molar-refractivity contribution in [1.82, 2.24) is 0 Å². The first kappa shape index (κ1) is 19.1. The third-order valence-electron chi connectivity index (χ3n) is 3.46. The molecule has 23 heavy (non-hydrogen) atoms. The van der Waals surface area contributed by atoms with Gasteiger partial charge in [0.05, 0.1) is 4.58 Å². The predicted molar refractivity (Wildman–Crippen MR) is 107 cm³/mol. The highest BCUT2D eigenvalue weighted by molar-refractivity contribution is 8.17. The Morgan fingerprint density at radius 2 is 1.22 bits per heavy atom. The third kappa shape index (κ3) is 7.43. The molecule has 0 amide bonds. The standard InChI is InChI=1S/C19H22Cl2S2/c1-2-3-4-5-6-19(22-17-11-7-15(20)8-12-17)23-18-13-9-16(21)10-14-18/h7-14,19H,2-6H2,1H3. The second kappa shape index (κ2) is 10.6. The minimum Gasteiger partial charge on any atom is -0.111 e. The van der Waals surface area contributed by atoms with Crippen molar-refractivity contribution in [2.75, 3.05) is 0 Å². The van der Waals surface area contributed by atoms with Gasteiger partial charge in [-0.2, -0.15) is 0 Å². The van der Waals surface area contributed by atoms with Crippen LogP contribution in [-0.2, 0) is 0 Å². The fraction of sp³-hybridized carbons (Fsp3) is 0.368. The number of thioether (sulfide) groups is 2. The van der Waals surface area contributed by atoms with Gasteiger partial charge in [0, 0.05) is 19.8 Å². The highest BCUT2D eigenvalue weighted by Crippen LogP contribution is 2.39. The molecule has 2 aromatic rings. The Hall–Kier alpha value is -0.280. The van der Waals surface area contributed by atoms with E-state index >= 15 is 0 Å². The van der Waals surface area contributed by atoms with Gasteiger partial charge in [-0.15, -0.1) is 23.5 Å². The summed E-state index contributed by atoms with van der Waals surface area (Å²) < 4.78 is 0.509. The molecule has 0 bridgehead atoms. The molecule has 124 valence electrons. The first-order valence-electron chi connectivity index (χ1n) is 8.02. The van der Waals surface area contributed by atoms with E-state index < -0.39 is 0 Å². The monoisotopic (exact) mass is 384 g/mol. The SMILES string of the molecule is CCCCCCC(Sc1ccc(Cl)cc1)Sc1ccc(Cl)cc1. The van der Waals surface area contributed by atoms with Crippen LogP contribution in [0.25, 0.3) is 0 Å². The topological polar surface area (TPSA) is 0 Å². The molecule has 0 spiro atoms. The zero-order chi connectivity index (χ0) is 16.5. The van der Waals surface area contributed by atoms with E-state index in [0.717, 1.165) is 10.0 Å². The zero-order valence-electron chi connectivity index (χ0n) is 13.3. The van der Waals surface area contributed by atoms with Gasteiger partial charge in [-0.05, 0) is 55.0 Å². The lowest BCUT2D eigenvalue weighted by Gasteiger charge is -2.16. The van der Waals surface area contributed by atoms with Crippen molar-refractivity contribution in [2.45, 2.75) is 53.4 Å². The molecule has 0 aliphatic carbocycles. The van der Waals surface area contributed by atoms with Crippen LogP contribution in [0, 0.1) is 0 Å². The predicted octanol–water partition coefficient (Wildman–Crippen LogP) is 8.17. The molecule has 0 aliphatic rings. The first-order valence-corrected chi connectivity index (χ1v) is 10.5. The van der Waals surface area contributed by atoms with E-state index in [1.54, 1.807) is 0 Å². The molecule has 0 atom stereocenters. The second-order valence-corrected chi connectivity index (χ2v) is 9.15. The van der Waals surface area contributed by atoms with Crippen LogP contribution >= 0.6 is 46.7 Å². The van der Waals surface area contributed by atoms with Crippen LogP contribution in [0.2, 0.25) is 10.0 Å². The molecule has 4 heteroatoms. The average molecular weight is 385 g/mol. The molecule has 2 rings (SSSR count). The lowest BCUT2D eigenvalue weighted by molar-refractivity contribution is 0.653. The van der Waals surface area contributed by atoms with Crippen LogP contribution in [0.1, 0.15) is 39.0 Å². The second-order valence-electron chi connectivity index (χ2n) is 5.42. The fourth-order valence-corrected chi connectivity index (χ4v) is 5.08. The molecule has 0 saturated carbocycles. The van der Waals surface area contributed by atoms with E-state index in [2.05, 4.69) is 31.2 Å². The van der Waals surface area contributed by atoms with Crippen LogP contribution < -0.4 is 0 Å². The summed E-state index contributed by atoms with van der Waals surface area (Å²) in [5, 5.41) is 1.58. The minimum absolute atomic E-state index is 0.509. The van der Waals surface area contributed by atoms with Gasteiger partial charge in [0.15, 0.2) is 0 Å². The number of rotatable bonds is 9. The maximum absolute atomic E-state index is 5.98. The number of unbranched alkanes of at least 4 members (excludes halogenated alkanes) is 3. The molecular weight excluding hydrogens is 363 g/mol. The Balaban J connectivity index is 1.98. The van der Waals surface area contributed by atoms with Crippen molar-refractivity contribution in [3.05, 3.63) is 58.6 Å². The number of hydrogen-bond donors (Lipinski definition) is 0. The first-order chi connectivity index (χ1) is 11.2. The maximum atomic E-state index is 5.98. The lowest BCUT2D eigenvalue weighted by atomic mass is 10.2. The molecule has 0 heterocycles. The van der Waals surface area contributed by atoms with Crippen LogP contribution in [-0.4, -0.2) is 4.58 Å². The van der Waals surface area contributed by atoms with Gasteiger partial charge in [-0.25, -0.2) is 0 Å². The zero-order valence-corrected chi connectivity index (χ0v) is 16.4. The number of benzene rings is 2. The van der Waals surface area contributed by atoms with Crippen LogP contribution in [0.3, 0.4) is 0 Å². The van der Waals surface area contributed by atoms with Gasteiger partial charge in [-0.3, -0.25) is 0 Å². The Morgan fingerprint density at radius 1 is 0.739 bits per heavy atom. The van der Waals surface area contributed by atoms with E-state index in [1.165, 1.54) is 41.9 Å². The highest BCUT2D eigenvalue weighted by Gasteiger charge is 2.12. The molecule has 0 unspecified atom stereocenters. The molecule has 0 radical (unpaired) electrons. The molecule has 0 aromatic heterocycles. The maximum Gasteiger partial charge on any atom is 0.0596 e. The molecule has 0 nitrogen and oxygen atoms in total. The number of halogens is 2. The summed E-state index contributed by atoms with van der Waals surface area (Å²) in [6.07, 6.45) is 6.40. The molecule has 0 aliphatic heterocycles. The summed E-state index contributed by atoms with van der Waals surface area (Å²) in [6, 6.07) is 16.3. The van der Waals surface area contributed by atoms with Crippen LogP contribution in [0.5, 0.6) is 0 Å². The molecule has 0 N–H and O–H groups in total. The highest BCUT2D eigenvalue weighted by atomic mass is 35.5. The Morgan fingerprint density at radius 3 is 1.65 bits per heavy atom. The Bertz CT molecular complexity index is 519. The summed E-state index contributed by atoms with van der Waals surface area (Å²) >= 11 is 15.8. The number of hydrogen-bond acceptors (Lipinski definition) is 2. The summed E-state index contributed by atoms with van der Waals surface area (Å²) in [5.41, 5.74) is 0. The fourth-order valence-electron chi connectivity index (χ4n) is 2.21. The van der Waals surface area contributed by atoms with E-state index in [9.17, 15) is 0 Å². The van der Waals surface area contributed by atoms with Gasteiger partial charge in [0.1, 0.15) is 0 Å². The van der Waals surface area contributed by atoms with E-state index in [4.69, 9.17) is 23.2 Å². The van der Waals surface area contributed by atoms with Crippen molar-refractivity contribution in [2.24, 2.45) is 0 Å². The van der Waals surface area contributed by atoms with Gasteiger partial charge < -0.3 is 0 Å². The van der Waals surface area contributed by atoms with Gasteiger partial charge in [-0.1, -0.05) is 55.8 Å². The third-order valence-corrected chi connectivity index (χ3v) is 6.62. The van der Waals surface area contributed by atoms with Gasteiger partial charge >= 0.3 is 0 Å². The van der Waals surface area contributed by atoms with E-state index in [1.807, 2.05) is 47.8 Å². The Labute approximate surface area is 158 Å². The smallest absolute Gasteiger partial charge is 0.0596 e. The Kier molecular flexibility index (Phi) is 8.74. The van der Waals surface area contributed by atoms with Crippen molar-refractivity contribution in [3.63, 3.8) is 0 Å². The normalized spacial score (nSPS) is 11.1. The molecule has 2 aromatic carbocycles. The van der Waals surface area contributed by atoms with Crippen molar-refractivity contribution in [1.29, 1.82) is 0 Å². The quantitative estimate of drug-likeness (QED) is 0.242. The van der Waals surface area contributed by atoms with Crippen molar-refractivity contribution >= 4 is 46.7 Å². The summed E-state index contributed by atoms with van der Waals surface area (Å²) in [4.78, 5) is 2.55. The van der Waals surface area contributed by atoms with Crippen LogP contribution in [0.4, 0.5) is 0 Å². The molecule has 0 fully saturated rings. The van der Waals surface area contributed by atoms with Gasteiger partial charge in [0.2, 0.25) is 0 Å². The van der Waals surface area contributed by atoms with Crippen LogP contribution in [0.15, 0.2) is 58.3 Å². The van der Waals surface area contributed by atoms with Gasteiger partial charge in [0.25, 0.3) is 0 Å². The van der Waals surface area contributed by atoms with Crippen molar-refractivity contribution in [3.8, 4) is 0 Å². The molecule has 0 saturated heterocycles. The van der Waals surface area contributed by atoms with Crippen molar-refractivity contribution < 1.29 is 0 Å². The molecular formula is C19H22Cl2S2. The van der Waals surface area contributed by atoms with E-state index in [-0.39, 0.29) is 0 Å². The largest absolute Gasteiger partial charge is 0.111 e.